The number of benzene rings is 1. The van der Waals surface area contributed by atoms with Crippen molar-refractivity contribution in [3.63, 3.8) is 0 Å². The Morgan fingerprint density at radius 3 is 2.66 bits per heavy atom. The summed E-state index contributed by atoms with van der Waals surface area (Å²) in [7, 11) is 0. The van der Waals surface area contributed by atoms with Crippen LogP contribution in [0.25, 0.3) is 10.9 Å². The number of hydrogen-bond donors (Lipinski definition) is 4. The van der Waals surface area contributed by atoms with Crippen LogP contribution >= 0.6 is 0 Å². The van der Waals surface area contributed by atoms with E-state index >= 15 is 0 Å². The molecule has 1 aromatic carbocycles. The minimum absolute atomic E-state index is 0.00473. The molecule has 3 saturated carbocycles. The van der Waals surface area contributed by atoms with Gasteiger partial charge in [0.1, 0.15) is 5.82 Å². The highest BCUT2D eigenvalue weighted by atomic mass is 16.2. The SMILES string of the molecule is Cc1ccc2nc(C(=O)NC3CC4CCC3C4)nc(NC3CCCCC3N=C(N)N)c2c1. The zero-order valence-electron chi connectivity index (χ0n) is 18.7. The minimum atomic E-state index is -0.183. The predicted molar refractivity (Wildman–Crippen MR) is 126 cm³/mol. The first-order chi connectivity index (χ1) is 15.5. The van der Waals surface area contributed by atoms with Crippen molar-refractivity contribution >= 4 is 28.6 Å². The monoisotopic (exact) mass is 435 g/mol. The van der Waals surface area contributed by atoms with E-state index < -0.39 is 0 Å². The van der Waals surface area contributed by atoms with E-state index in [-0.39, 0.29) is 35.8 Å². The third-order valence-electron chi connectivity index (χ3n) is 7.48. The number of nitrogens with zero attached hydrogens (tertiary/aromatic N) is 3. The van der Waals surface area contributed by atoms with Gasteiger partial charge in [-0.1, -0.05) is 30.9 Å². The average Bonchev–Trinajstić information content (AvgIpc) is 3.38. The van der Waals surface area contributed by atoms with Gasteiger partial charge in [-0.2, -0.15) is 0 Å². The number of carbonyl (C=O) groups is 1. The molecular weight excluding hydrogens is 402 g/mol. The summed E-state index contributed by atoms with van der Waals surface area (Å²) in [4.78, 5) is 26.9. The number of aliphatic imine (C=N–C) groups is 1. The van der Waals surface area contributed by atoms with Gasteiger partial charge in [-0.05, 0) is 63.0 Å². The van der Waals surface area contributed by atoms with Crippen LogP contribution in [-0.4, -0.2) is 40.0 Å². The van der Waals surface area contributed by atoms with Gasteiger partial charge in [-0.3, -0.25) is 4.79 Å². The van der Waals surface area contributed by atoms with E-state index in [4.69, 9.17) is 16.5 Å². The quantitative estimate of drug-likeness (QED) is 0.422. The minimum Gasteiger partial charge on any atom is -0.370 e. The van der Waals surface area contributed by atoms with E-state index in [0.29, 0.717) is 11.7 Å². The number of aryl methyl sites for hydroxylation is 1. The van der Waals surface area contributed by atoms with Crippen LogP contribution in [0.1, 0.15) is 67.5 Å². The number of anilines is 1. The molecule has 0 radical (unpaired) electrons. The fraction of sp³-hybridized carbons (Fsp3) is 0.583. The van der Waals surface area contributed by atoms with Crippen LogP contribution < -0.4 is 22.1 Å². The zero-order chi connectivity index (χ0) is 22.2. The Hall–Kier alpha value is -2.90. The molecule has 1 aromatic heterocycles. The molecule has 1 heterocycles. The number of aromatic nitrogens is 2. The Bertz CT molecular complexity index is 1050. The fourth-order valence-corrected chi connectivity index (χ4v) is 5.91. The first-order valence-electron chi connectivity index (χ1n) is 11.9. The lowest BCUT2D eigenvalue weighted by molar-refractivity contribution is 0.0912. The van der Waals surface area contributed by atoms with Crippen LogP contribution in [0.15, 0.2) is 23.2 Å². The molecule has 32 heavy (non-hydrogen) atoms. The second-order valence-corrected chi connectivity index (χ2v) is 9.83. The number of guanidine groups is 1. The van der Waals surface area contributed by atoms with Gasteiger partial charge >= 0.3 is 0 Å². The second kappa shape index (κ2) is 8.56. The molecule has 0 aliphatic heterocycles. The first-order valence-corrected chi connectivity index (χ1v) is 11.9. The molecule has 2 aromatic rings. The van der Waals surface area contributed by atoms with Crippen molar-refractivity contribution in [1.82, 2.24) is 15.3 Å². The fourth-order valence-electron chi connectivity index (χ4n) is 5.91. The Balaban J connectivity index is 1.44. The van der Waals surface area contributed by atoms with Gasteiger partial charge in [-0.15, -0.1) is 0 Å². The summed E-state index contributed by atoms with van der Waals surface area (Å²) >= 11 is 0. The molecule has 0 spiro atoms. The van der Waals surface area contributed by atoms with Crippen molar-refractivity contribution in [2.75, 3.05) is 5.32 Å². The maximum Gasteiger partial charge on any atom is 0.289 e. The molecule has 3 fully saturated rings. The summed E-state index contributed by atoms with van der Waals surface area (Å²) in [5, 5.41) is 7.71. The third kappa shape index (κ3) is 4.23. The van der Waals surface area contributed by atoms with Crippen LogP contribution in [0.4, 0.5) is 5.82 Å². The van der Waals surface area contributed by atoms with Crippen LogP contribution in [-0.2, 0) is 0 Å². The number of fused-ring (bicyclic) bond motifs is 3. The van der Waals surface area contributed by atoms with E-state index in [1.165, 1.54) is 19.3 Å². The predicted octanol–water partition coefficient (Wildman–Crippen LogP) is 2.85. The Morgan fingerprint density at radius 1 is 1.06 bits per heavy atom. The van der Waals surface area contributed by atoms with Crippen molar-refractivity contribution < 1.29 is 4.79 Å². The Morgan fingerprint density at radius 2 is 1.91 bits per heavy atom. The molecule has 5 atom stereocenters. The molecule has 1 amide bonds. The molecule has 5 unspecified atom stereocenters. The lowest BCUT2D eigenvalue weighted by Crippen LogP contribution is -2.40. The van der Waals surface area contributed by atoms with Crippen molar-refractivity contribution in [3.8, 4) is 0 Å². The molecule has 6 N–H and O–H groups in total. The lowest BCUT2D eigenvalue weighted by atomic mass is 9.90. The number of carbonyl (C=O) groups excluding carboxylic acids is 1. The maximum absolute atomic E-state index is 13.1. The number of rotatable bonds is 5. The second-order valence-electron chi connectivity index (χ2n) is 9.83. The maximum atomic E-state index is 13.1. The normalized spacial score (nSPS) is 29.1. The van der Waals surface area contributed by atoms with Gasteiger partial charge in [-0.25, -0.2) is 15.0 Å². The summed E-state index contributed by atoms with van der Waals surface area (Å²) in [6.45, 7) is 2.04. The summed E-state index contributed by atoms with van der Waals surface area (Å²) in [6, 6.07) is 6.34. The zero-order valence-corrected chi connectivity index (χ0v) is 18.7. The van der Waals surface area contributed by atoms with E-state index in [1.54, 1.807) is 0 Å². The molecule has 5 rings (SSSR count). The van der Waals surface area contributed by atoms with Crippen molar-refractivity contribution in [2.45, 2.75) is 76.4 Å². The molecule has 170 valence electrons. The molecule has 0 saturated heterocycles. The summed E-state index contributed by atoms with van der Waals surface area (Å²) in [6.07, 6.45) is 8.91. The number of hydrogen-bond acceptors (Lipinski definition) is 5. The Kier molecular flexibility index (Phi) is 5.61. The molecular formula is C24H33N7O. The summed E-state index contributed by atoms with van der Waals surface area (Å²) in [5.74, 6) is 2.20. The third-order valence-corrected chi connectivity index (χ3v) is 7.48. The Labute approximate surface area is 188 Å². The molecule has 3 aliphatic rings. The van der Waals surface area contributed by atoms with E-state index in [2.05, 4.69) is 26.7 Å². The molecule has 3 aliphatic carbocycles. The lowest BCUT2D eigenvalue weighted by Gasteiger charge is -2.30. The van der Waals surface area contributed by atoms with Crippen LogP contribution in [0, 0.1) is 18.8 Å². The van der Waals surface area contributed by atoms with E-state index in [0.717, 1.165) is 54.5 Å². The highest BCUT2D eigenvalue weighted by Crippen LogP contribution is 2.44. The highest BCUT2D eigenvalue weighted by molar-refractivity contribution is 5.96. The van der Waals surface area contributed by atoms with Gasteiger partial charge in [0.25, 0.3) is 5.91 Å². The van der Waals surface area contributed by atoms with Gasteiger partial charge < -0.3 is 22.1 Å². The van der Waals surface area contributed by atoms with Crippen LogP contribution in [0.2, 0.25) is 0 Å². The molecule has 2 bridgehead atoms. The number of nitrogens with two attached hydrogens (primary N) is 2. The highest BCUT2D eigenvalue weighted by Gasteiger charge is 2.40. The van der Waals surface area contributed by atoms with Gasteiger partial charge in [0.15, 0.2) is 5.96 Å². The average molecular weight is 436 g/mol. The van der Waals surface area contributed by atoms with Gasteiger partial charge in [0.05, 0.1) is 17.6 Å². The van der Waals surface area contributed by atoms with Crippen molar-refractivity contribution in [1.29, 1.82) is 0 Å². The largest absolute Gasteiger partial charge is 0.370 e. The van der Waals surface area contributed by atoms with E-state index in [9.17, 15) is 4.79 Å². The first kappa shape index (κ1) is 21.0. The van der Waals surface area contributed by atoms with Gasteiger partial charge in [0.2, 0.25) is 5.82 Å². The summed E-state index contributed by atoms with van der Waals surface area (Å²) < 4.78 is 0. The van der Waals surface area contributed by atoms with Crippen molar-refractivity contribution in [3.05, 3.63) is 29.6 Å². The molecule has 8 nitrogen and oxygen atoms in total. The van der Waals surface area contributed by atoms with Crippen molar-refractivity contribution in [2.24, 2.45) is 28.3 Å². The number of amides is 1. The topological polar surface area (TPSA) is 131 Å². The standard InChI is InChI=1S/C24H33N7O/c1-13-6-9-17-16(10-13)21(28-18-4-2-3-5-19(18)30-24(25)26)31-22(27-17)23(32)29-20-12-14-7-8-15(20)11-14/h6,9-10,14-15,18-20H,2-5,7-8,11-12H2,1H3,(H,29,32)(H4,25,26,30)(H,27,28,31). The van der Waals surface area contributed by atoms with Crippen LogP contribution in [0.5, 0.6) is 0 Å². The van der Waals surface area contributed by atoms with Crippen LogP contribution in [0.3, 0.4) is 0 Å². The molecule has 8 heteroatoms. The van der Waals surface area contributed by atoms with E-state index in [1.807, 2.05) is 19.1 Å². The number of nitrogens with one attached hydrogen (secondary N) is 2. The summed E-state index contributed by atoms with van der Waals surface area (Å²) in [5.41, 5.74) is 13.2. The van der Waals surface area contributed by atoms with Gasteiger partial charge in [0, 0.05) is 11.4 Å². The smallest absolute Gasteiger partial charge is 0.289 e.